The highest BCUT2D eigenvalue weighted by molar-refractivity contribution is 5.10. The van der Waals surface area contributed by atoms with Crippen molar-refractivity contribution in [1.82, 2.24) is 0 Å². The molecule has 0 saturated heterocycles. The molecule has 0 aromatic carbocycles. The molecule has 0 rings (SSSR count). The molecule has 19 heavy (non-hydrogen) atoms. The molecule has 0 bridgehead atoms. The highest BCUT2D eigenvalue weighted by Crippen LogP contribution is 2.48. The van der Waals surface area contributed by atoms with E-state index in [4.69, 9.17) is 0 Å². The average Bonchev–Trinajstić information content (AvgIpc) is 2.11. The van der Waals surface area contributed by atoms with Crippen LogP contribution in [0.5, 0.6) is 0 Å². The number of rotatable bonds is 3. The molecule has 0 amide bonds. The van der Waals surface area contributed by atoms with E-state index in [-0.39, 0.29) is 0 Å². The fourth-order valence-corrected chi connectivity index (χ4v) is 0.597. The highest BCUT2D eigenvalue weighted by atomic mass is 19.4. The van der Waals surface area contributed by atoms with Crippen molar-refractivity contribution in [3.63, 3.8) is 0 Å². The van der Waals surface area contributed by atoms with Gasteiger partial charge in [0.2, 0.25) is 0 Å². The Labute approximate surface area is 96.2 Å². The largest absolute Gasteiger partial charge is 0.460 e. The van der Waals surface area contributed by atoms with E-state index >= 15 is 0 Å². The molecule has 0 aliphatic carbocycles. The molecule has 0 heterocycles. The fourth-order valence-electron chi connectivity index (χ4n) is 0.597. The van der Waals surface area contributed by atoms with Crippen molar-refractivity contribution in [3.05, 3.63) is 12.2 Å². The molecule has 114 valence electrons. The third kappa shape index (κ3) is 3.47. The van der Waals surface area contributed by atoms with Crippen molar-refractivity contribution in [3.8, 4) is 0 Å². The summed E-state index contributed by atoms with van der Waals surface area (Å²) in [6.07, 6.45) is -16.8. The molecule has 0 spiro atoms. The molecule has 0 N–H and O–H groups in total. The van der Waals surface area contributed by atoms with Crippen molar-refractivity contribution >= 4 is 0 Å². The van der Waals surface area contributed by atoms with Gasteiger partial charge in [-0.25, -0.2) is 0 Å². The zero-order chi connectivity index (χ0) is 15.9. The normalized spacial score (nSPS) is 16.2. The summed E-state index contributed by atoms with van der Waals surface area (Å²) in [5.74, 6) is -19.0. The third-order valence-corrected chi connectivity index (χ3v) is 1.65. The van der Waals surface area contributed by atoms with E-state index in [1.165, 1.54) is 0 Å². The Kier molecular flexibility index (Phi) is 4.22. The van der Waals surface area contributed by atoms with Gasteiger partial charge in [-0.3, -0.25) is 0 Å². The first-order valence-electron chi connectivity index (χ1n) is 3.93. The Bertz CT molecular complexity index is 342. The van der Waals surface area contributed by atoms with Crippen LogP contribution in [0.1, 0.15) is 0 Å². The molecule has 0 radical (unpaired) electrons. The molecule has 0 atom stereocenters. The molecule has 0 fully saturated rings. The Morgan fingerprint density at radius 2 is 0.737 bits per heavy atom. The summed E-state index contributed by atoms with van der Waals surface area (Å²) in [5.41, 5.74) is 0. The van der Waals surface area contributed by atoms with E-state index in [1.807, 2.05) is 0 Å². The summed E-state index contributed by atoms with van der Waals surface area (Å²) in [6.45, 7) is 0. The minimum absolute atomic E-state index is 1.76. The average molecular weight is 314 g/mol. The molecule has 0 nitrogen and oxygen atoms in total. The van der Waals surface area contributed by atoms with Crippen LogP contribution in [0.3, 0.4) is 0 Å². The molecule has 0 unspecified atom stereocenters. The number of hydrogen-bond acceptors (Lipinski definition) is 0. The maximum absolute atomic E-state index is 12.4. The summed E-state index contributed by atoms with van der Waals surface area (Å²) >= 11 is 0. The molecule has 0 aromatic heterocycles. The van der Waals surface area contributed by atoms with Crippen LogP contribution in [-0.2, 0) is 0 Å². The number of allylic oxidation sites excluding steroid dienone is 2. The second-order valence-corrected chi connectivity index (χ2v) is 3.15. The first-order chi connectivity index (χ1) is 7.96. The summed E-state index contributed by atoms with van der Waals surface area (Å²) in [4.78, 5) is 0. The van der Waals surface area contributed by atoms with Crippen LogP contribution in [0.25, 0.3) is 0 Å². The van der Waals surface area contributed by atoms with Gasteiger partial charge in [-0.05, 0) is 12.2 Å². The molecule has 12 heteroatoms. The lowest BCUT2D eigenvalue weighted by Crippen LogP contribution is -2.51. The van der Waals surface area contributed by atoms with E-state index in [2.05, 4.69) is 0 Å². The van der Waals surface area contributed by atoms with Gasteiger partial charge in [0.15, 0.2) is 0 Å². The lowest BCUT2D eigenvalue weighted by molar-refractivity contribution is -0.342. The zero-order valence-electron chi connectivity index (χ0n) is 8.19. The van der Waals surface area contributed by atoms with E-state index < -0.39 is 42.3 Å². The van der Waals surface area contributed by atoms with Crippen LogP contribution in [0.4, 0.5) is 52.7 Å². The summed E-state index contributed by atoms with van der Waals surface area (Å²) < 4.78 is 142. The van der Waals surface area contributed by atoms with Crippen LogP contribution >= 0.6 is 0 Å². The van der Waals surface area contributed by atoms with Crippen molar-refractivity contribution in [1.29, 1.82) is 0 Å². The van der Waals surface area contributed by atoms with Gasteiger partial charge in [-0.2, -0.15) is 52.7 Å². The van der Waals surface area contributed by atoms with Crippen molar-refractivity contribution in [2.45, 2.75) is 30.1 Å². The molecule has 0 aliphatic heterocycles. The van der Waals surface area contributed by atoms with Crippen molar-refractivity contribution in [2.75, 3.05) is 0 Å². The van der Waals surface area contributed by atoms with Crippen LogP contribution < -0.4 is 0 Å². The van der Waals surface area contributed by atoms with Crippen LogP contribution in [0.2, 0.25) is 0 Å². The van der Waals surface area contributed by atoms with Crippen LogP contribution in [0, 0.1) is 0 Å². The Balaban J connectivity index is 5.40. The van der Waals surface area contributed by atoms with Crippen LogP contribution in [-0.4, -0.2) is 30.1 Å². The standard InChI is InChI=1S/C7H2F12/c8-3(9,5(12,13)7(17,18)19)1-2-4(10,11)6(14,15)16/h1-2H. The van der Waals surface area contributed by atoms with Gasteiger partial charge in [0.1, 0.15) is 0 Å². The Morgan fingerprint density at radius 3 is 1.00 bits per heavy atom. The summed E-state index contributed by atoms with van der Waals surface area (Å²) in [5, 5.41) is 0. The zero-order valence-corrected chi connectivity index (χ0v) is 8.19. The first kappa shape index (κ1) is 17.9. The molecule has 0 saturated carbocycles. The molecular weight excluding hydrogens is 312 g/mol. The van der Waals surface area contributed by atoms with Gasteiger partial charge >= 0.3 is 30.1 Å². The van der Waals surface area contributed by atoms with Gasteiger partial charge in [0.25, 0.3) is 0 Å². The highest BCUT2D eigenvalue weighted by Gasteiger charge is 2.72. The maximum Gasteiger partial charge on any atom is 0.460 e. The third-order valence-electron chi connectivity index (χ3n) is 1.65. The molecule has 0 aromatic rings. The SMILES string of the molecule is FC(F)(F)C(F)(F)C=CC(F)(F)C(F)(F)C(F)(F)F. The predicted octanol–water partition coefficient (Wildman–Crippen LogP) is 4.57. The van der Waals surface area contributed by atoms with Crippen LogP contribution in [0.15, 0.2) is 12.2 Å². The quantitative estimate of drug-likeness (QED) is 0.529. The number of alkyl halides is 12. The van der Waals surface area contributed by atoms with Crippen molar-refractivity contribution < 1.29 is 52.7 Å². The maximum atomic E-state index is 12.4. The van der Waals surface area contributed by atoms with Gasteiger partial charge in [-0.15, -0.1) is 0 Å². The molecular formula is C7H2F12. The second-order valence-electron chi connectivity index (χ2n) is 3.15. The smallest absolute Gasteiger partial charge is 0.195 e. The Hall–Kier alpha value is -1.10. The van der Waals surface area contributed by atoms with Gasteiger partial charge < -0.3 is 0 Å². The minimum atomic E-state index is -6.83. The van der Waals surface area contributed by atoms with Gasteiger partial charge in [-0.1, -0.05) is 0 Å². The first-order valence-corrected chi connectivity index (χ1v) is 3.93. The number of halogens is 12. The van der Waals surface area contributed by atoms with Crippen molar-refractivity contribution in [2.24, 2.45) is 0 Å². The lowest BCUT2D eigenvalue weighted by atomic mass is 10.1. The van der Waals surface area contributed by atoms with E-state index in [1.54, 1.807) is 0 Å². The Morgan fingerprint density at radius 1 is 0.421 bits per heavy atom. The van der Waals surface area contributed by atoms with Gasteiger partial charge in [0.05, 0.1) is 0 Å². The van der Waals surface area contributed by atoms with Gasteiger partial charge in [0, 0.05) is 0 Å². The topological polar surface area (TPSA) is 0 Å². The second kappa shape index (κ2) is 4.47. The predicted molar refractivity (Wildman–Crippen MR) is 36.1 cm³/mol. The van der Waals surface area contributed by atoms with E-state index in [0.717, 1.165) is 0 Å². The fraction of sp³-hybridized carbons (Fsp3) is 0.714. The number of hydrogen-bond donors (Lipinski definition) is 0. The lowest BCUT2D eigenvalue weighted by Gasteiger charge is -2.26. The van der Waals surface area contributed by atoms with E-state index in [0.29, 0.717) is 0 Å². The summed E-state index contributed by atoms with van der Waals surface area (Å²) in [7, 11) is 0. The minimum Gasteiger partial charge on any atom is -0.195 e. The molecule has 0 aliphatic rings. The van der Waals surface area contributed by atoms with E-state index in [9.17, 15) is 52.7 Å². The summed E-state index contributed by atoms with van der Waals surface area (Å²) in [6, 6.07) is 0. The monoisotopic (exact) mass is 314 g/mol.